The Morgan fingerprint density at radius 3 is 2.88 bits per heavy atom. The maximum absolute atomic E-state index is 13.1. The fourth-order valence-electron chi connectivity index (χ4n) is 4.00. The van der Waals surface area contributed by atoms with Crippen LogP contribution in [0, 0.1) is 0 Å². The molecule has 0 radical (unpaired) electrons. The Morgan fingerprint density at radius 1 is 1.35 bits per heavy atom. The number of benzene rings is 1. The van der Waals surface area contributed by atoms with Crippen molar-refractivity contribution in [2.45, 2.75) is 56.3 Å². The van der Waals surface area contributed by atoms with Crippen LogP contribution in [0.1, 0.15) is 60.7 Å². The van der Waals surface area contributed by atoms with E-state index in [1.807, 2.05) is 18.2 Å². The van der Waals surface area contributed by atoms with Crippen LogP contribution in [0.5, 0.6) is 5.75 Å². The second-order valence-electron chi connectivity index (χ2n) is 7.47. The van der Waals surface area contributed by atoms with Crippen LogP contribution >= 0.6 is 11.3 Å². The normalized spacial score (nSPS) is 18.7. The maximum Gasteiger partial charge on any atom is 0.230 e. The predicted octanol–water partition coefficient (Wildman–Crippen LogP) is 4.20. The molecule has 0 saturated heterocycles. The summed E-state index contributed by atoms with van der Waals surface area (Å²) >= 11 is 1.72. The summed E-state index contributed by atoms with van der Waals surface area (Å²) in [6.07, 6.45) is 7.40. The Bertz CT molecular complexity index is 776. The lowest BCUT2D eigenvalue weighted by Gasteiger charge is -2.28. The number of thiazole rings is 1. The third-order valence-electron chi connectivity index (χ3n) is 5.70. The zero-order valence-corrected chi connectivity index (χ0v) is 16.1. The van der Waals surface area contributed by atoms with E-state index in [2.05, 4.69) is 16.8 Å². The lowest BCUT2D eigenvalue weighted by Crippen LogP contribution is -2.43. The Morgan fingerprint density at radius 2 is 2.15 bits per heavy atom. The predicted molar refractivity (Wildman–Crippen MR) is 104 cm³/mol. The molecule has 0 aliphatic heterocycles. The lowest BCUT2D eigenvalue weighted by molar-refractivity contribution is -0.126. The number of carbonyl (C=O) groups is 1. The number of aromatic nitrogens is 1. The number of rotatable bonds is 7. The van der Waals surface area contributed by atoms with Crippen LogP contribution in [-0.2, 0) is 16.6 Å². The number of carbonyl (C=O) groups excluding carboxylic acids is 1. The van der Waals surface area contributed by atoms with Gasteiger partial charge in [0.25, 0.3) is 0 Å². The number of nitrogens with zero attached hydrogens (tertiary/aromatic N) is 1. The average Bonchev–Trinajstić information content (AvgIpc) is 3.20. The van der Waals surface area contributed by atoms with Gasteiger partial charge in [0, 0.05) is 24.3 Å². The smallest absolute Gasteiger partial charge is 0.230 e. The van der Waals surface area contributed by atoms with Gasteiger partial charge in [-0.1, -0.05) is 25.0 Å². The van der Waals surface area contributed by atoms with Crippen molar-refractivity contribution in [1.29, 1.82) is 0 Å². The first-order valence-corrected chi connectivity index (χ1v) is 10.5. The SMILES string of the molecule is COc1cccc(C2(C(=O)NCCc3nc(C4CC4)cs3)CCCC2)c1. The van der Waals surface area contributed by atoms with E-state index in [4.69, 9.17) is 9.72 Å². The molecule has 4 nitrogen and oxygen atoms in total. The zero-order chi connectivity index (χ0) is 18.0. The van der Waals surface area contributed by atoms with Crippen molar-refractivity contribution in [2.24, 2.45) is 0 Å². The van der Waals surface area contributed by atoms with Gasteiger partial charge in [0.05, 0.1) is 23.2 Å². The van der Waals surface area contributed by atoms with Gasteiger partial charge in [-0.15, -0.1) is 11.3 Å². The quantitative estimate of drug-likeness (QED) is 0.795. The molecule has 0 spiro atoms. The summed E-state index contributed by atoms with van der Waals surface area (Å²) in [5, 5.41) is 6.51. The zero-order valence-electron chi connectivity index (χ0n) is 15.3. The number of ether oxygens (including phenoxy) is 1. The summed E-state index contributed by atoms with van der Waals surface area (Å²) in [5.41, 5.74) is 1.92. The molecule has 1 heterocycles. The first-order chi connectivity index (χ1) is 12.7. The van der Waals surface area contributed by atoms with Crippen molar-refractivity contribution < 1.29 is 9.53 Å². The molecule has 2 aromatic rings. The summed E-state index contributed by atoms with van der Waals surface area (Å²) in [5.74, 6) is 1.67. The van der Waals surface area contributed by atoms with E-state index in [1.54, 1.807) is 18.4 Å². The van der Waals surface area contributed by atoms with Gasteiger partial charge in [0.1, 0.15) is 5.75 Å². The van der Waals surface area contributed by atoms with Crippen LogP contribution in [-0.4, -0.2) is 24.5 Å². The summed E-state index contributed by atoms with van der Waals surface area (Å²) in [4.78, 5) is 17.8. The minimum atomic E-state index is -0.406. The molecular weight excluding hydrogens is 344 g/mol. The molecule has 0 unspecified atom stereocenters. The van der Waals surface area contributed by atoms with Crippen LogP contribution in [0.25, 0.3) is 0 Å². The molecule has 4 rings (SSSR count). The number of methoxy groups -OCH3 is 1. The molecule has 0 bridgehead atoms. The highest BCUT2D eigenvalue weighted by Crippen LogP contribution is 2.42. The van der Waals surface area contributed by atoms with Crippen LogP contribution in [0.4, 0.5) is 0 Å². The largest absolute Gasteiger partial charge is 0.497 e. The number of hydrogen-bond acceptors (Lipinski definition) is 4. The summed E-state index contributed by atoms with van der Waals surface area (Å²) in [6.45, 7) is 0.655. The summed E-state index contributed by atoms with van der Waals surface area (Å²) in [7, 11) is 1.67. The van der Waals surface area contributed by atoms with E-state index >= 15 is 0 Å². The minimum Gasteiger partial charge on any atom is -0.497 e. The molecule has 2 aliphatic rings. The molecule has 1 aromatic heterocycles. The van der Waals surface area contributed by atoms with Crippen LogP contribution in [0.15, 0.2) is 29.6 Å². The second kappa shape index (κ2) is 7.39. The van der Waals surface area contributed by atoms with Crippen molar-refractivity contribution >= 4 is 17.2 Å². The van der Waals surface area contributed by atoms with Crippen molar-refractivity contribution in [3.8, 4) is 5.75 Å². The van der Waals surface area contributed by atoms with Crippen molar-refractivity contribution in [1.82, 2.24) is 10.3 Å². The van der Waals surface area contributed by atoms with Crippen LogP contribution in [0.3, 0.4) is 0 Å². The molecule has 1 aromatic carbocycles. The third kappa shape index (κ3) is 3.50. The van der Waals surface area contributed by atoms with Gasteiger partial charge in [-0.3, -0.25) is 4.79 Å². The highest BCUT2D eigenvalue weighted by Gasteiger charge is 2.42. The lowest BCUT2D eigenvalue weighted by atomic mass is 9.78. The van der Waals surface area contributed by atoms with E-state index in [9.17, 15) is 4.79 Å². The second-order valence-corrected chi connectivity index (χ2v) is 8.41. The molecule has 0 atom stereocenters. The van der Waals surface area contributed by atoms with Gasteiger partial charge in [-0.25, -0.2) is 4.98 Å². The molecule has 1 N–H and O–H groups in total. The standard InChI is InChI=1S/C21H26N2O2S/c1-25-17-6-4-5-16(13-17)21(10-2-3-11-21)20(24)22-12-9-19-23-18(14-26-19)15-7-8-15/h4-6,13-15H,2-3,7-12H2,1H3,(H,22,24). The van der Waals surface area contributed by atoms with E-state index in [0.29, 0.717) is 12.5 Å². The molecule has 1 amide bonds. The highest BCUT2D eigenvalue weighted by atomic mass is 32.1. The van der Waals surface area contributed by atoms with Gasteiger partial charge >= 0.3 is 0 Å². The average molecular weight is 371 g/mol. The monoisotopic (exact) mass is 370 g/mol. The molecule has 2 fully saturated rings. The highest BCUT2D eigenvalue weighted by molar-refractivity contribution is 7.09. The van der Waals surface area contributed by atoms with Crippen molar-refractivity contribution in [3.05, 3.63) is 45.9 Å². The van der Waals surface area contributed by atoms with E-state index in [-0.39, 0.29) is 5.91 Å². The van der Waals surface area contributed by atoms with Gasteiger partial charge < -0.3 is 10.1 Å². The van der Waals surface area contributed by atoms with Crippen molar-refractivity contribution in [3.63, 3.8) is 0 Å². The molecule has 138 valence electrons. The Hall–Kier alpha value is -1.88. The van der Waals surface area contributed by atoms with Gasteiger partial charge in [0.2, 0.25) is 5.91 Å². The fourth-order valence-corrected chi connectivity index (χ4v) is 4.88. The van der Waals surface area contributed by atoms with Gasteiger partial charge in [-0.2, -0.15) is 0 Å². The van der Waals surface area contributed by atoms with E-state index in [1.165, 1.54) is 18.5 Å². The Kier molecular flexibility index (Phi) is 4.98. The molecule has 2 aliphatic carbocycles. The Labute approximate surface area is 159 Å². The molecule has 26 heavy (non-hydrogen) atoms. The maximum atomic E-state index is 13.1. The summed E-state index contributed by atoms with van der Waals surface area (Å²) < 4.78 is 5.37. The number of hydrogen-bond donors (Lipinski definition) is 1. The fraction of sp³-hybridized carbons (Fsp3) is 0.524. The van der Waals surface area contributed by atoms with E-state index in [0.717, 1.165) is 48.4 Å². The first-order valence-electron chi connectivity index (χ1n) is 9.58. The van der Waals surface area contributed by atoms with Gasteiger partial charge in [0.15, 0.2) is 0 Å². The minimum absolute atomic E-state index is 0.155. The molecule has 5 heteroatoms. The number of amides is 1. The first kappa shape index (κ1) is 17.5. The van der Waals surface area contributed by atoms with Crippen molar-refractivity contribution in [2.75, 3.05) is 13.7 Å². The van der Waals surface area contributed by atoms with E-state index < -0.39 is 5.41 Å². The molecular formula is C21H26N2O2S. The third-order valence-corrected chi connectivity index (χ3v) is 6.63. The Balaban J connectivity index is 1.41. The number of nitrogens with one attached hydrogen (secondary N) is 1. The summed E-state index contributed by atoms with van der Waals surface area (Å²) in [6, 6.07) is 8.00. The van der Waals surface area contributed by atoms with Gasteiger partial charge in [-0.05, 0) is 43.4 Å². The van der Waals surface area contributed by atoms with Crippen LogP contribution < -0.4 is 10.1 Å². The van der Waals surface area contributed by atoms with Crippen LogP contribution in [0.2, 0.25) is 0 Å². The molecule has 2 saturated carbocycles. The topological polar surface area (TPSA) is 51.2 Å².